The van der Waals surface area contributed by atoms with Crippen LogP contribution in [0.5, 0.6) is 0 Å². The van der Waals surface area contributed by atoms with Gasteiger partial charge in [0.05, 0.1) is 5.60 Å². The number of hydrogen-bond donors (Lipinski definition) is 2. The van der Waals surface area contributed by atoms with Crippen molar-refractivity contribution in [1.29, 1.82) is 0 Å². The average Bonchev–Trinajstić information content (AvgIpc) is 2.47. The molecule has 4 nitrogen and oxygen atoms in total. The lowest BCUT2D eigenvalue weighted by molar-refractivity contribution is 0.0268. The first kappa shape index (κ1) is 22.1. The lowest BCUT2D eigenvalue weighted by Gasteiger charge is -2.28. The van der Waals surface area contributed by atoms with Crippen molar-refractivity contribution in [1.82, 2.24) is 10.6 Å². The smallest absolute Gasteiger partial charge is 0.191 e. The molecule has 6 heteroatoms. The Hall–Kier alpha value is -0.890. The molecule has 0 unspecified atom stereocenters. The first-order chi connectivity index (χ1) is 10.2. The summed E-state index contributed by atoms with van der Waals surface area (Å²) in [6.07, 6.45) is 0. The number of nitrogens with zero attached hydrogens (tertiary/aromatic N) is 1. The van der Waals surface area contributed by atoms with Gasteiger partial charge in [0.2, 0.25) is 0 Å². The van der Waals surface area contributed by atoms with Crippen LogP contribution >= 0.6 is 24.0 Å². The van der Waals surface area contributed by atoms with E-state index < -0.39 is 0 Å². The minimum atomic E-state index is -0.347. The third-order valence-corrected chi connectivity index (χ3v) is 3.76. The highest BCUT2D eigenvalue weighted by Gasteiger charge is 2.24. The molecule has 0 radical (unpaired) electrons. The number of hydrogen-bond acceptors (Lipinski definition) is 2. The second-order valence-electron chi connectivity index (χ2n) is 6.61. The van der Waals surface area contributed by atoms with Crippen LogP contribution < -0.4 is 10.6 Å². The maximum atomic E-state index is 14.0. The van der Waals surface area contributed by atoms with E-state index in [1.807, 2.05) is 39.8 Å². The van der Waals surface area contributed by atoms with E-state index in [1.54, 1.807) is 20.2 Å². The van der Waals surface area contributed by atoms with Crippen molar-refractivity contribution in [3.8, 4) is 0 Å². The molecule has 23 heavy (non-hydrogen) atoms. The van der Waals surface area contributed by atoms with Gasteiger partial charge >= 0.3 is 0 Å². The zero-order chi connectivity index (χ0) is 16.8. The summed E-state index contributed by atoms with van der Waals surface area (Å²) in [4.78, 5) is 4.19. The molecule has 0 fully saturated rings. The second-order valence-corrected chi connectivity index (χ2v) is 6.61. The van der Waals surface area contributed by atoms with E-state index in [2.05, 4.69) is 15.6 Å². The Bertz CT molecular complexity index is 518. The largest absolute Gasteiger partial charge is 0.377 e. The number of aliphatic imine (C=N–C) groups is 1. The number of nitrogens with one attached hydrogen (secondary N) is 2. The number of guanidine groups is 1. The van der Waals surface area contributed by atoms with Crippen molar-refractivity contribution in [2.45, 2.75) is 38.7 Å². The number of benzene rings is 1. The fourth-order valence-corrected chi connectivity index (χ4v) is 2.00. The maximum Gasteiger partial charge on any atom is 0.191 e. The first-order valence-electron chi connectivity index (χ1n) is 7.46. The molecule has 1 rings (SSSR count). The molecule has 0 aliphatic rings. The SMILES string of the molecule is CN=C(NCC(C)(C)OC)NCC(C)(C)c1ccccc1F.I. The molecule has 0 bridgehead atoms. The van der Waals surface area contributed by atoms with Crippen molar-refractivity contribution in [2.24, 2.45) is 4.99 Å². The van der Waals surface area contributed by atoms with Crippen LogP contribution in [0.1, 0.15) is 33.3 Å². The summed E-state index contributed by atoms with van der Waals surface area (Å²) in [5.74, 6) is 0.493. The highest BCUT2D eigenvalue weighted by Crippen LogP contribution is 2.24. The Kier molecular flexibility index (Phi) is 9.05. The Morgan fingerprint density at radius 2 is 1.70 bits per heavy atom. The van der Waals surface area contributed by atoms with Gasteiger partial charge in [-0.1, -0.05) is 32.0 Å². The van der Waals surface area contributed by atoms with Crippen LogP contribution in [-0.2, 0) is 10.2 Å². The molecule has 0 spiro atoms. The monoisotopic (exact) mass is 437 g/mol. The van der Waals surface area contributed by atoms with Crippen LogP contribution in [0.25, 0.3) is 0 Å². The number of ether oxygens (including phenoxy) is 1. The summed E-state index contributed by atoms with van der Waals surface area (Å²) in [6.45, 7) is 9.20. The summed E-state index contributed by atoms with van der Waals surface area (Å²) in [6, 6.07) is 6.87. The summed E-state index contributed by atoms with van der Waals surface area (Å²) in [5, 5.41) is 6.47. The van der Waals surface area contributed by atoms with E-state index in [0.29, 0.717) is 24.6 Å². The van der Waals surface area contributed by atoms with E-state index in [0.717, 1.165) is 0 Å². The molecule has 0 atom stereocenters. The standard InChI is InChI=1S/C17H28FN3O.HI/c1-16(2,13-9-7-8-10-14(13)18)11-20-15(19-5)21-12-17(3,4)22-6;/h7-10H,11-12H2,1-6H3,(H2,19,20,21);1H. The molecule has 0 aromatic heterocycles. The molecular weight excluding hydrogens is 408 g/mol. The first-order valence-corrected chi connectivity index (χ1v) is 7.46. The second kappa shape index (κ2) is 9.42. The van der Waals surface area contributed by atoms with Gasteiger partial charge in [0.25, 0.3) is 0 Å². The van der Waals surface area contributed by atoms with Gasteiger partial charge in [-0.05, 0) is 25.5 Å². The summed E-state index contributed by atoms with van der Waals surface area (Å²) in [5.41, 5.74) is 0.0634. The Balaban J connectivity index is 0.00000484. The molecule has 1 aromatic rings. The minimum Gasteiger partial charge on any atom is -0.377 e. The van der Waals surface area contributed by atoms with Gasteiger partial charge in [-0.3, -0.25) is 4.99 Å². The van der Waals surface area contributed by atoms with Gasteiger partial charge < -0.3 is 15.4 Å². The van der Waals surface area contributed by atoms with Crippen molar-refractivity contribution in [3.63, 3.8) is 0 Å². The van der Waals surface area contributed by atoms with E-state index in [9.17, 15) is 4.39 Å². The minimum absolute atomic E-state index is 0. The molecule has 0 saturated carbocycles. The van der Waals surface area contributed by atoms with Crippen LogP contribution in [-0.4, -0.2) is 38.8 Å². The molecule has 0 aliphatic carbocycles. The zero-order valence-corrected chi connectivity index (χ0v) is 17.2. The number of halogens is 2. The summed E-state index contributed by atoms with van der Waals surface area (Å²) < 4.78 is 19.3. The molecule has 0 saturated heterocycles. The highest BCUT2D eigenvalue weighted by atomic mass is 127. The fourth-order valence-electron chi connectivity index (χ4n) is 2.00. The van der Waals surface area contributed by atoms with Crippen molar-refractivity contribution in [2.75, 3.05) is 27.2 Å². The van der Waals surface area contributed by atoms with Gasteiger partial charge in [0.1, 0.15) is 5.82 Å². The third kappa shape index (κ3) is 7.03. The third-order valence-electron chi connectivity index (χ3n) is 3.76. The number of methoxy groups -OCH3 is 1. The predicted molar refractivity (Wildman–Crippen MR) is 105 cm³/mol. The fraction of sp³-hybridized carbons (Fsp3) is 0.588. The van der Waals surface area contributed by atoms with Gasteiger partial charge in [-0.2, -0.15) is 0 Å². The molecule has 0 heterocycles. The predicted octanol–water partition coefficient (Wildman–Crippen LogP) is 3.31. The quantitative estimate of drug-likeness (QED) is 0.408. The highest BCUT2D eigenvalue weighted by molar-refractivity contribution is 14.0. The molecular formula is C17H29FIN3O. The van der Waals surface area contributed by atoms with Gasteiger partial charge in [0.15, 0.2) is 5.96 Å². The molecule has 0 amide bonds. The van der Waals surface area contributed by atoms with Crippen molar-refractivity contribution in [3.05, 3.63) is 35.6 Å². The average molecular weight is 437 g/mol. The van der Waals surface area contributed by atoms with E-state index >= 15 is 0 Å². The van der Waals surface area contributed by atoms with E-state index in [-0.39, 0.29) is 40.8 Å². The topological polar surface area (TPSA) is 45.7 Å². The van der Waals surface area contributed by atoms with Crippen LogP contribution in [0.2, 0.25) is 0 Å². The van der Waals surface area contributed by atoms with Crippen LogP contribution in [0, 0.1) is 5.82 Å². The lowest BCUT2D eigenvalue weighted by atomic mass is 9.84. The van der Waals surface area contributed by atoms with Crippen molar-refractivity contribution >= 4 is 29.9 Å². The normalized spacial score (nSPS) is 12.6. The van der Waals surface area contributed by atoms with Gasteiger partial charge in [0, 0.05) is 32.7 Å². The summed E-state index contributed by atoms with van der Waals surface area (Å²) in [7, 11) is 3.39. The Labute approximate surface area is 156 Å². The van der Waals surface area contributed by atoms with E-state index in [4.69, 9.17) is 4.74 Å². The molecule has 1 aromatic carbocycles. The Morgan fingerprint density at radius 3 is 2.22 bits per heavy atom. The van der Waals surface area contributed by atoms with E-state index in [1.165, 1.54) is 6.07 Å². The summed E-state index contributed by atoms with van der Waals surface area (Å²) >= 11 is 0. The lowest BCUT2D eigenvalue weighted by Crippen LogP contribution is -2.48. The van der Waals surface area contributed by atoms with Crippen molar-refractivity contribution < 1.29 is 9.13 Å². The maximum absolute atomic E-state index is 14.0. The Morgan fingerprint density at radius 1 is 1.13 bits per heavy atom. The van der Waals surface area contributed by atoms with Crippen LogP contribution in [0.3, 0.4) is 0 Å². The zero-order valence-electron chi connectivity index (χ0n) is 14.9. The number of rotatable bonds is 6. The van der Waals surface area contributed by atoms with Gasteiger partial charge in [-0.25, -0.2) is 4.39 Å². The van der Waals surface area contributed by atoms with Crippen LogP contribution in [0.4, 0.5) is 4.39 Å². The van der Waals surface area contributed by atoms with Gasteiger partial charge in [-0.15, -0.1) is 24.0 Å². The molecule has 132 valence electrons. The molecule has 0 aliphatic heterocycles. The molecule has 2 N–H and O–H groups in total. The van der Waals surface area contributed by atoms with Crippen LogP contribution in [0.15, 0.2) is 29.3 Å².